The zero-order valence-electron chi connectivity index (χ0n) is 11.1. The molecule has 0 bridgehead atoms. The highest BCUT2D eigenvalue weighted by Crippen LogP contribution is 2.16. The lowest BCUT2D eigenvalue weighted by atomic mass is 10.2. The Kier molecular flexibility index (Phi) is 4.85. The second-order valence-corrected chi connectivity index (χ2v) is 5.36. The predicted octanol–water partition coefficient (Wildman–Crippen LogP) is 0.865. The first-order valence-electron chi connectivity index (χ1n) is 6.57. The summed E-state index contributed by atoms with van der Waals surface area (Å²) < 4.78 is 1.72. The number of halogens is 1. The number of aliphatic hydroxyl groups excluding tert-OH is 1. The van der Waals surface area contributed by atoms with Gasteiger partial charge >= 0.3 is 0 Å². The molecule has 2 N–H and O–H groups in total. The first-order chi connectivity index (χ1) is 9.11. The molecule has 106 valence electrons. The van der Waals surface area contributed by atoms with Crippen LogP contribution < -0.4 is 5.32 Å². The van der Waals surface area contributed by atoms with Crippen molar-refractivity contribution in [3.63, 3.8) is 0 Å². The van der Waals surface area contributed by atoms with Gasteiger partial charge in [-0.2, -0.15) is 0 Å². The van der Waals surface area contributed by atoms with Gasteiger partial charge < -0.3 is 19.9 Å². The van der Waals surface area contributed by atoms with Gasteiger partial charge in [-0.3, -0.25) is 4.79 Å². The highest BCUT2D eigenvalue weighted by Gasteiger charge is 2.23. The highest BCUT2D eigenvalue weighted by molar-refractivity contribution is 6.31. The minimum absolute atomic E-state index is 0.0311. The molecule has 0 radical (unpaired) electrons. The molecule has 2 rings (SSSR count). The Labute approximate surface area is 118 Å². The zero-order chi connectivity index (χ0) is 13.8. The molecule has 0 saturated carbocycles. The molecular weight excluding hydrogens is 266 g/mol. The van der Waals surface area contributed by atoms with Gasteiger partial charge in [0, 0.05) is 32.4 Å². The molecule has 0 spiro atoms. The molecule has 2 heterocycles. The van der Waals surface area contributed by atoms with E-state index >= 15 is 0 Å². The van der Waals surface area contributed by atoms with E-state index in [1.54, 1.807) is 28.8 Å². The van der Waals surface area contributed by atoms with Crippen molar-refractivity contribution in [2.75, 3.05) is 26.2 Å². The molecule has 1 saturated heterocycles. The molecule has 1 amide bonds. The van der Waals surface area contributed by atoms with Crippen LogP contribution in [0.1, 0.15) is 23.3 Å². The second-order valence-electron chi connectivity index (χ2n) is 4.92. The van der Waals surface area contributed by atoms with Crippen molar-refractivity contribution >= 4 is 17.5 Å². The standard InChI is InChI=1S/C13H20ClN3O2/c1-16-8-10(14)7-12(16)13(19)17(5-6-18)9-11-3-2-4-15-11/h7-8,11,15,18H,2-6,9H2,1H3. The molecule has 1 unspecified atom stereocenters. The van der Waals surface area contributed by atoms with Crippen LogP contribution in [0.4, 0.5) is 0 Å². The molecule has 1 fully saturated rings. The lowest BCUT2D eigenvalue weighted by Crippen LogP contribution is -2.43. The number of amides is 1. The third-order valence-corrected chi connectivity index (χ3v) is 3.66. The summed E-state index contributed by atoms with van der Waals surface area (Å²) in [6.07, 6.45) is 3.92. The maximum atomic E-state index is 12.5. The van der Waals surface area contributed by atoms with Gasteiger partial charge in [0.1, 0.15) is 5.69 Å². The minimum Gasteiger partial charge on any atom is -0.395 e. The van der Waals surface area contributed by atoms with Gasteiger partial charge in [-0.15, -0.1) is 0 Å². The predicted molar refractivity (Wildman–Crippen MR) is 74.4 cm³/mol. The SMILES string of the molecule is Cn1cc(Cl)cc1C(=O)N(CCO)CC1CCCN1. The number of nitrogens with one attached hydrogen (secondary N) is 1. The number of nitrogens with zero attached hydrogens (tertiary/aromatic N) is 2. The van der Waals surface area contributed by atoms with Crippen molar-refractivity contribution in [2.45, 2.75) is 18.9 Å². The Hall–Kier alpha value is -1.04. The number of aromatic nitrogens is 1. The minimum atomic E-state index is -0.0860. The summed E-state index contributed by atoms with van der Waals surface area (Å²) in [5, 5.41) is 13.0. The zero-order valence-corrected chi connectivity index (χ0v) is 11.9. The van der Waals surface area contributed by atoms with Crippen LogP contribution in [0.2, 0.25) is 5.02 Å². The van der Waals surface area contributed by atoms with Crippen molar-refractivity contribution in [1.29, 1.82) is 0 Å². The van der Waals surface area contributed by atoms with E-state index in [-0.39, 0.29) is 12.5 Å². The Morgan fingerprint density at radius 3 is 3.00 bits per heavy atom. The van der Waals surface area contributed by atoms with Gasteiger partial charge in [-0.1, -0.05) is 11.6 Å². The Balaban J connectivity index is 2.08. The van der Waals surface area contributed by atoms with Crippen LogP contribution in [-0.4, -0.2) is 52.8 Å². The second kappa shape index (κ2) is 6.41. The van der Waals surface area contributed by atoms with Gasteiger partial charge in [-0.05, 0) is 25.5 Å². The Bertz CT molecular complexity index is 441. The van der Waals surface area contributed by atoms with Crippen LogP contribution in [0.25, 0.3) is 0 Å². The molecular formula is C13H20ClN3O2. The summed E-state index contributed by atoms with van der Waals surface area (Å²) in [7, 11) is 1.80. The van der Waals surface area contributed by atoms with E-state index in [9.17, 15) is 4.79 Å². The van der Waals surface area contributed by atoms with Crippen LogP contribution in [0.5, 0.6) is 0 Å². The summed E-state index contributed by atoms with van der Waals surface area (Å²) in [5.41, 5.74) is 0.552. The van der Waals surface area contributed by atoms with E-state index in [4.69, 9.17) is 16.7 Å². The number of carbonyl (C=O) groups is 1. The largest absolute Gasteiger partial charge is 0.395 e. The molecule has 0 aliphatic carbocycles. The molecule has 1 atom stereocenters. The van der Waals surface area contributed by atoms with Crippen LogP contribution in [-0.2, 0) is 7.05 Å². The topological polar surface area (TPSA) is 57.5 Å². The number of carbonyl (C=O) groups excluding carboxylic acids is 1. The van der Waals surface area contributed by atoms with E-state index in [1.165, 1.54) is 0 Å². The molecule has 1 aromatic rings. The lowest BCUT2D eigenvalue weighted by molar-refractivity contribution is 0.0697. The normalized spacial score (nSPS) is 18.8. The van der Waals surface area contributed by atoms with Gasteiger partial charge in [0.05, 0.1) is 11.6 Å². The van der Waals surface area contributed by atoms with Crippen LogP contribution >= 0.6 is 11.6 Å². The number of aliphatic hydroxyl groups is 1. The summed E-state index contributed by atoms with van der Waals surface area (Å²) in [5.74, 6) is -0.0860. The summed E-state index contributed by atoms with van der Waals surface area (Å²) in [6, 6.07) is 1.99. The van der Waals surface area contributed by atoms with Gasteiger partial charge in [0.25, 0.3) is 5.91 Å². The fraction of sp³-hybridized carbons (Fsp3) is 0.615. The molecule has 1 aliphatic heterocycles. The maximum Gasteiger partial charge on any atom is 0.270 e. The van der Waals surface area contributed by atoms with E-state index in [1.807, 2.05) is 0 Å². The van der Waals surface area contributed by atoms with Crippen LogP contribution in [0, 0.1) is 0 Å². The maximum absolute atomic E-state index is 12.5. The monoisotopic (exact) mass is 285 g/mol. The fourth-order valence-corrected chi connectivity index (χ4v) is 2.72. The third-order valence-electron chi connectivity index (χ3n) is 3.45. The quantitative estimate of drug-likeness (QED) is 0.844. The number of hydrogen-bond acceptors (Lipinski definition) is 3. The summed E-state index contributed by atoms with van der Waals surface area (Å²) >= 11 is 5.91. The molecule has 6 heteroatoms. The lowest BCUT2D eigenvalue weighted by Gasteiger charge is -2.25. The summed E-state index contributed by atoms with van der Waals surface area (Å²) in [6.45, 7) is 1.94. The van der Waals surface area contributed by atoms with Crippen LogP contribution in [0.15, 0.2) is 12.3 Å². The summed E-state index contributed by atoms with van der Waals surface area (Å²) in [4.78, 5) is 14.2. The van der Waals surface area contributed by atoms with Gasteiger partial charge in [0.2, 0.25) is 0 Å². The van der Waals surface area contributed by atoms with Crippen molar-refractivity contribution < 1.29 is 9.90 Å². The van der Waals surface area contributed by atoms with Crippen molar-refractivity contribution in [3.8, 4) is 0 Å². The third kappa shape index (κ3) is 3.49. The number of rotatable bonds is 5. The Morgan fingerprint density at radius 2 is 2.47 bits per heavy atom. The van der Waals surface area contributed by atoms with Crippen molar-refractivity contribution in [1.82, 2.24) is 14.8 Å². The van der Waals surface area contributed by atoms with Gasteiger partial charge in [0.15, 0.2) is 0 Å². The van der Waals surface area contributed by atoms with E-state index in [2.05, 4.69) is 5.32 Å². The fourth-order valence-electron chi connectivity index (χ4n) is 2.47. The van der Waals surface area contributed by atoms with Crippen molar-refractivity contribution in [3.05, 3.63) is 23.0 Å². The van der Waals surface area contributed by atoms with E-state index < -0.39 is 0 Å². The molecule has 1 aromatic heterocycles. The first-order valence-corrected chi connectivity index (χ1v) is 6.95. The van der Waals surface area contributed by atoms with Crippen LogP contribution in [0.3, 0.4) is 0 Å². The number of hydrogen-bond donors (Lipinski definition) is 2. The molecule has 19 heavy (non-hydrogen) atoms. The average molecular weight is 286 g/mol. The highest BCUT2D eigenvalue weighted by atomic mass is 35.5. The average Bonchev–Trinajstić information content (AvgIpc) is 2.97. The van der Waals surface area contributed by atoms with E-state index in [0.29, 0.717) is 29.8 Å². The molecule has 5 nitrogen and oxygen atoms in total. The number of aryl methyl sites for hydroxylation is 1. The smallest absolute Gasteiger partial charge is 0.270 e. The first kappa shape index (κ1) is 14.4. The van der Waals surface area contributed by atoms with Gasteiger partial charge in [-0.25, -0.2) is 0 Å². The van der Waals surface area contributed by atoms with Crippen molar-refractivity contribution in [2.24, 2.45) is 7.05 Å². The van der Waals surface area contributed by atoms with E-state index in [0.717, 1.165) is 19.4 Å². The molecule has 1 aliphatic rings. The molecule has 0 aromatic carbocycles. The Morgan fingerprint density at radius 1 is 1.68 bits per heavy atom.